The maximum Gasteiger partial charge on any atom is 0.313 e. The van der Waals surface area contributed by atoms with Gasteiger partial charge in [-0.25, -0.2) is 9.67 Å². The summed E-state index contributed by atoms with van der Waals surface area (Å²) in [6, 6.07) is 15.0. The Morgan fingerprint density at radius 3 is 2.42 bits per heavy atom. The van der Waals surface area contributed by atoms with Crippen molar-refractivity contribution in [2.24, 2.45) is 0 Å². The van der Waals surface area contributed by atoms with E-state index in [9.17, 15) is 9.59 Å². The fraction of sp³-hybridized carbons (Fsp3) is 0.158. The van der Waals surface area contributed by atoms with E-state index in [-0.39, 0.29) is 6.54 Å². The minimum absolute atomic E-state index is 0.281. The van der Waals surface area contributed by atoms with Crippen molar-refractivity contribution in [2.75, 3.05) is 5.32 Å². The molecular formula is C19H19N5O2. The maximum atomic E-state index is 12.0. The van der Waals surface area contributed by atoms with Gasteiger partial charge in [-0.05, 0) is 29.7 Å². The molecule has 0 atom stereocenters. The lowest BCUT2D eigenvalue weighted by Crippen LogP contribution is -2.35. The molecule has 7 nitrogen and oxygen atoms in total. The second-order valence-corrected chi connectivity index (χ2v) is 5.86. The molecule has 7 heteroatoms. The number of hydrogen-bond donors (Lipinski definition) is 2. The number of benzene rings is 2. The van der Waals surface area contributed by atoms with Crippen LogP contribution in [0.4, 0.5) is 5.69 Å². The zero-order chi connectivity index (χ0) is 18.4. The highest BCUT2D eigenvalue weighted by atomic mass is 16.2. The van der Waals surface area contributed by atoms with Crippen LogP contribution in [-0.4, -0.2) is 26.6 Å². The summed E-state index contributed by atoms with van der Waals surface area (Å²) in [5.41, 5.74) is 3.51. The molecule has 0 aliphatic heterocycles. The van der Waals surface area contributed by atoms with Gasteiger partial charge >= 0.3 is 11.8 Å². The van der Waals surface area contributed by atoms with Gasteiger partial charge in [0.15, 0.2) is 0 Å². The first kappa shape index (κ1) is 17.3. The Bertz CT molecular complexity index is 889. The molecule has 0 saturated heterocycles. The maximum absolute atomic E-state index is 12.0. The van der Waals surface area contributed by atoms with Gasteiger partial charge in [-0.2, -0.15) is 5.10 Å². The van der Waals surface area contributed by atoms with Gasteiger partial charge in [0.2, 0.25) is 0 Å². The van der Waals surface area contributed by atoms with E-state index in [1.807, 2.05) is 43.3 Å². The first-order valence-corrected chi connectivity index (χ1v) is 8.17. The smallest absolute Gasteiger partial charge is 0.313 e. The first-order chi connectivity index (χ1) is 12.6. The van der Waals surface area contributed by atoms with Gasteiger partial charge in [0.25, 0.3) is 0 Å². The Labute approximate surface area is 151 Å². The third-order valence-corrected chi connectivity index (χ3v) is 3.89. The van der Waals surface area contributed by atoms with Gasteiger partial charge < -0.3 is 10.6 Å². The SMILES string of the molecule is Cc1ccccc1NC(=O)C(=O)NCc1ccc(Cn2cncn2)cc1. The summed E-state index contributed by atoms with van der Waals surface area (Å²) in [5.74, 6) is -1.35. The molecule has 26 heavy (non-hydrogen) atoms. The molecule has 0 fully saturated rings. The van der Waals surface area contributed by atoms with Gasteiger partial charge in [0.05, 0.1) is 6.54 Å². The summed E-state index contributed by atoms with van der Waals surface area (Å²) in [6.07, 6.45) is 3.15. The first-order valence-electron chi connectivity index (χ1n) is 8.17. The monoisotopic (exact) mass is 349 g/mol. The second kappa shape index (κ2) is 8.06. The van der Waals surface area contributed by atoms with E-state index in [0.29, 0.717) is 12.2 Å². The molecule has 0 radical (unpaired) electrons. The van der Waals surface area contributed by atoms with Crippen LogP contribution in [0.3, 0.4) is 0 Å². The summed E-state index contributed by atoms with van der Waals surface area (Å²) >= 11 is 0. The molecule has 2 N–H and O–H groups in total. The Balaban J connectivity index is 1.51. The van der Waals surface area contributed by atoms with Crippen molar-refractivity contribution in [2.45, 2.75) is 20.0 Å². The number of carbonyl (C=O) groups is 2. The third-order valence-electron chi connectivity index (χ3n) is 3.89. The van der Waals surface area contributed by atoms with Crippen LogP contribution in [0.5, 0.6) is 0 Å². The predicted octanol–water partition coefficient (Wildman–Crippen LogP) is 1.89. The number of amides is 2. The predicted molar refractivity (Wildman–Crippen MR) is 97.2 cm³/mol. The summed E-state index contributed by atoms with van der Waals surface area (Å²) < 4.78 is 1.73. The van der Waals surface area contributed by atoms with E-state index >= 15 is 0 Å². The Hall–Kier alpha value is -3.48. The number of aromatic nitrogens is 3. The van der Waals surface area contributed by atoms with Crippen LogP contribution in [0.15, 0.2) is 61.2 Å². The van der Waals surface area contributed by atoms with Crippen LogP contribution < -0.4 is 10.6 Å². The third kappa shape index (κ3) is 4.54. The molecular weight excluding hydrogens is 330 g/mol. The van der Waals surface area contributed by atoms with Crippen LogP contribution >= 0.6 is 0 Å². The molecule has 2 amide bonds. The molecule has 0 saturated carbocycles. The molecule has 0 aliphatic carbocycles. The fourth-order valence-electron chi connectivity index (χ4n) is 2.42. The molecule has 0 bridgehead atoms. The number of aryl methyl sites for hydroxylation is 1. The molecule has 2 aromatic carbocycles. The summed E-state index contributed by atoms with van der Waals surface area (Å²) in [7, 11) is 0. The average molecular weight is 349 g/mol. The van der Waals surface area contributed by atoms with Crippen molar-refractivity contribution < 1.29 is 9.59 Å². The fourth-order valence-corrected chi connectivity index (χ4v) is 2.42. The van der Waals surface area contributed by atoms with Gasteiger partial charge in [0, 0.05) is 12.2 Å². The average Bonchev–Trinajstić information content (AvgIpc) is 3.16. The molecule has 132 valence electrons. The van der Waals surface area contributed by atoms with Crippen LogP contribution in [0.1, 0.15) is 16.7 Å². The lowest BCUT2D eigenvalue weighted by molar-refractivity contribution is -0.136. The topological polar surface area (TPSA) is 88.9 Å². The van der Waals surface area contributed by atoms with E-state index < -0.39 is 11.8 Å². The van der Waals surface area contributed by atoms with E-state index in [0.717, 1.165) is 16.7 Å². The zero-order valence-electron chi connectivity index (χ0n) is 14.3. The molecule has 0 spiro atoms. The number of nitrogens with one attached hydrogen (secondary N) is 2. The van der Waals surface area contributed by atoms with Crippen molar-refractivity contribution in [1.82, 2.24) is 20.1 Å². The lowest BCUT2D eigenvalue weighted by atomic mass is 10.1. The van der Waals surface area contributed by atoms with Crippen molar-refractivity contribution in [3.63, 3.8) is 0 Å². The molecule has 3 rings (SSSR count). The highest BCUT2D eigenvalue weighted by molar-refractivity contribution is 6.39. The van der Waals surface area contributed by atoms with E-state index in [4.69, 9.17) is 0 Å². The minimum atomic E-state index is -0.679. The molecule has 0 aliphatic rings. The largest absolute Gasteiger partial charge is 0.344 e. The van der Waals surface area contributed by atoms with Crippen LogP contribution in [0, 0.1) is 6.92 Å². The Morgan fingerprint density at radius 1 is 1.00 bits per heavy atom. The standard InChI is InChI=1S/C19H19N5O2/c1-14-4-2-3-5-17(14)23-19(26)18(25)21-10-15-6-8-16(9-7-15)11-24-13-20-12-22-24/h2-9,12-13H,10-11H2,1H3,(H,21,25)(H,23,26). The van der Waals surface area contributed by atoms with Gasteiger partial charge in [-0.1, -0.05) is 42.5 Å². The summed E-state index contributed by atoms with van der Waals surface area (Å²) in [4.78, 5) is 27.9. The van der Waals surface area contributed by atoms with Crippen molar-refractivity contribution in [1.29, 1.82) is 0 Å². The molecule has 1 heterocycles. The van der Waals surface area contributed by atoms with E-state index in [1.165, 1.54) is 6.33 Å². The zero-order valence-corrected chi connectivity index (χ0v) is 14.3. The van der Waals surface area contributed by atoms with Crippen molar-refractivity contribution in [3.8, 4) is 0 Å². The lowest BCUT2D eigenvalue weighted by Gasteiger charge is -2.09. The summed E-state index contributed by atoms with van der Waals surface area (Å²) in [5, 5.41) is 9.30. The Morgan fingerprint density at radius 2 is 1.73 bits per heavy atom. The second-order valence-electron chi connectivity index (χ2n) is 5.86. The number of hydrogen-bond acceptors (Lipinski definition) is 4. The van der Waals surface area contributed by atoms with Crippen LogP contribution in [-0.2, 0) is 22.7 Å². The summed E-state index contributed by atoms with van der Waals surface area (Å²) in [6.45, 7) is 2.78. The quantitative estimate of drug-likeness (QED) is 0.689. The number of anilines is 1. The minimum Gasteiger partial charge on any atom is -0.344 e. The number of rotatable bonds is 5. The van der Waals surface area contributed by atoms with Crippen molar-refractivity contribution in [3.05, 3.63) is 77.9 Å². The van der Waals surface area contributed by atoms with Crippen LogP contribution in [0.25, 0.3) is 0 Å². The van der Waals surface area contributed by atoms with E-state index in [1.54, 1.807) is 23.1 Å². The molecule has 3 aromatic rings. The highest BCUT2D eigenvalue weighted by Gasteiger charge is 2.14. The number of nitrogens with zero attached hydrogens (tertiary/aromatic N) is 3. The molecule has 0 unspecified atom stereocenters. The van der Waals surface area contributed by atoms with Gasteiger partial charge in [0.1, 0.15) is 12.7 Å². The number of carbonyl (C=O) groups excluding carboxylic acids is 2. The van der Waals surface area contributed by atoms with Gasteiger partial charge in [-0.15, -0.1) is 0 Å². The van der Waals surface area contributed by atoms with Gasteiger partial charge in [-0.3, -0.25) is 9.59 Å². The van der Waals surface area contributed by atoms with E-state index in [2.05, 4.69) is 20.7 Å². The normalized spacial score (nSPS) is 10.3. The van der Waals surface area contributed by atoms with Crippen molar-refractivity contribution >= 4 is 17.5 Å². The van der Waals surface area contributed by atoms with Crippen LogP contribution in [0.2, 0.25) is 0 Å². The highest BCUT2D eigenvalue weighted by Crippen LogP contribution is 2.12. The number of para-hydroxylation sites is 1. The molecule has 1 aromatic heterocycles. The Kier molecular flexibility index (Phi) is 5.38.